The molecule has 0 aliphatic carbocycles. The fraction of sp³-hybridized carbons (Fsp3) is 0.0909. The highest BCUT2D eigenvalue weighted by Crippen LogP contribution is 2.44. The fourth-order valence-corrected chi connectivity index (χ4v) is 4.51. The third-order valence-electron chi connectivity index (χ3n) is 4.38. The zero-order valence-corrected chi connectivity index (χ0v) is 17.4. The van der Waals surface area contributed by atoms with Gasteiger partial charge in [0.2, 0.25) is 0 Å². The van der Waals surface area contributed by atoms with E-state index in [9.17, 15) is 17.6 Å². The molecule has 2 heterocycles. The lowest BCUT2D eigenvalue weighted by molar-refractivity contribution is -0.140. The van der Waals surface area contributed by atoms with E-state index >= 15 is 0 Å². The van der Waals surface area contributed by atoms with Gasteiger partial charge in [0.25, 0.3) is 0 Å². The molecule has 31 heavy (non-hydrogen) atoms. The van der Waals surface area contributed by atoms with Crippen molar-refractivity contribution in [1.29, 1.82) is 0 Å². The van der Waals surface area contributed by atoms with Crippen LogP contribution >= 0.6 is 22.9 Å². The maximum absolute atomic E-state index is 13.7. The van der Waals surface area contributed by atoms with Crippen molar-refractivity contribution in [3.63, 3.8) is 0 Å². The van der Waals surface area contributed by atoms with Crippen molar-refractivity contribution in [2.24, 2.45) is 0 Å². The molecule has 0 saturated heterocycles. The van der Waals surface area contributed by atoms with E-state index in [1.807, 2.05) is 48.1 Å². The van der Waals surface area contributed by atoms with Gasteiger partial charge in [-0.2, -0.15) is 13.2 Å². The van der Waals surface area contributed by atoms with Crippen molar-refractivity contribution in [3.05, 3.63) is 88.8 Å². The number of pyridine rings is 1. The Balaban J connectivity index is 0.00000132. The van der Waals surface area contributed by atoms with E-state index < -0.39 is 17.6 Å². The molecule has 0 bridgehead atoms. The molecular weight excluding hydrogens is 452 g/mol. The summed E-state index contributed by atoms with van der Waals surface area (Å²) in [6.07, 6.45) is -3.11. The topological polar surface area (TPSA) is 33.2 Å². The van der Waals surface area contributed by atoms with Crippen LogP contribution in [-0.4, -0.2) is 11.8 Å². The second-order valence-corrected chi connectivity index (χ2v) is 7.67. The third-order valence-corrected chi connectivity index (χ3v) is 6.01. The molecule has 0 atom stereocenters. The number of halogens is 5. The van der Waals surface area contributed by atoms with Gasteiger partial charge in [0.1, 0.15) is 22.4 Å². The molecule has 3 nitrogen and oxygen atoms in total. The molecule has 0 aliphatic heterocycles. The highest BCUT2D eigenvalue weighted by atomic mass is 35.5. The quantitative estimate of drug-likeness (QED) is 0.297. The highest BCUT2D eigenvalue weighted by molar-refractivity contribution is 7.23. The summed E-state index contributed by atoms with van der Waals surface area (Å²) < 4.78 is 53.1. The number of hydrogen-bond acceptors (Lipinski definition) is 4. The molecule has 4 aromatic rings. The summed E-state index contributed by atoms with van der Waals surface area (Å²) in [5.74, 6) is -1.29. The Bertz CT molecular complexity index is 1180. The van der Waals surface area contributed by atoms with E-state index in [0.29, 0.717) is 15.6 Å². The molecule has 0 unspecified atom stereocenters. The lowest BCUT2D eigenvalue weighted by Gasteiger charge is -2.24. The summed E-state index contributed by atoms with van der Waals surface area (Å²) in [6.45, 7) is 2.08. The minimum Gasteiger partial charge on any atom is -0.328 e. The average molecular weight is 467 g/mol. The van der Waals surface area contributed by atoms with Crippen LogP contribution in [0.25, 0.3) is 10.2 Å². The largest absolute Gasteiger partial charge is 0.419 e. The summed E-state index contributed by atoms with van der Waals surface area (Å²) in [6, 6.07) is 15.8. The minimum absolute atomic E-state index is 0.0832. The van der Waals surface area contributed by atoms with Crippen LogP contribution < -0.4 is 4.90 Å². The lowest BCUT2D eigenvalue weighted by atomic mass is 10.1. The van der Waals surface area contributed by atoms with Gasteiger partial charge in [-0.25, -0.2) is 9.37 Å². The monoisotopic (exact) mass is 466 g/mol. The van der Waals surface area contributed by atoms with Crippen LogP contribution in [0.4, 0.5) is 28.3 Å². The zero-order chi connectivity index (χ0) is 22.6. The van der Waals surface area contributed by atoms with E-state index in [2.05, 4.69) is 4.98 Å². The van der Waals surface area contributed by atoms with Crippen LogP contribution in [0, 0.1) is 5.82 Å². The van der Waals surface area contributed by atoms with E-state index in [4.69, 9.17) is 16.4 Å². The van der Waals surface area contributed by atoms with Crippen molar-refractivity contribution in [3.8, 4) is 0 Å². The first-order chi connectivity index (χ1) is 14.8. The van der Waals surface area contributed by atoms with Gasteiger partial charge >= 0.3 is 6.18 Å². The number of para-hydroxylation sites is 1. The molecule has 0 saturated carbocycles. The molecule has 0 aliphatic rings. The Hall–Kier alpha value is -2.97. The Labute approximate surface area is 184 Å². The number of carbonyl (C=O) groups excluding carboxylic acids is 1. The molecule has 0 radical (unpaired) electrons. The molecule has 0 N–H and O–H groups in total. The van der Waals surface area contributed by atoms with Gasteiger partial charge in [0.05, 0.1) is 10.6 Å². The number of hydrogen-bond donors (Lipinski definition) is 0. The molecule has 0 amide bonds. The predicted molar refractivity (Wildman–Crippen MR) is 115 cm³/mol. The number of benzene rings is 2. The van der Waals surface area contributed by atoms with Crippen molar-refractivity contribution in [2.45, 2.75) is 12.7 Å². The lowest BCUT2D eigenvalue weighted by Crippen LogP contribution is -2.17. The van der Waals surface area contributed by atoms with Crippen molar-refractivity contribution < 1.29 is 22.4 Å². The van der Waals surface area contributed by atoms with E-state index in [1.54, 1.807) is 12.3 Å². The van der Waals surface area contributed by atoms with E-state index in [-0.39, 0.29) is 6.54 Å². The molecule has 160 valence electrons. The first kappa shape index (κ1) is 22.7. The number of thiophene rings is 1. The van der Waals surface area contributed by atoms with Crippen molar-refractivity contribution in [1.82, 2.24) is 4.98 Å². The number of aromatic nitrogens is 1. The summed E-state index contributed by atoms with van der Waals surface area (Å²) in [5.41, 5.74) is -0.227. The van der Waals surface area contributed by atoms with Gasteiger partial charge < -0.3 is 9.69 Å². The Morgan fingerprint density at radius 1 is 1.03 bits per heavy atom. The molecular formula is C22H15ClF4N2OS. The van der Waals surface area contributed by atoms with Crippen LogP contribution in [0.5, 0.6) is 0 Å². The second kappa shape index (κ2) is 9.45. The Kier molecular flexibility index (Phi) is 6.92. The standard InChI is InChI=1S/C21H13ClF4N2S.CH2O/c22-18-15-7-4-10-27-19(15)29-20(18)28(14-5-2-1-3-6-14)12-13-8-9-17(23)16(11-13)21(24,25)26;1-2/h1-11H,12H2;1H2. The maximum Gasteiger partial charge on any atom is 0.419 e. The minimum atomic E-state index is -4.77. The number of fused-ring (bicyclic) bond motifs is 1. The summed E-state index contributed by atoms with van der Waals surface area (Å²) in [4.78, 5) is 14.8. The first-order valence-corrected chi connectivity index (χ1v) is 10.0. The van der Waals surface area contributed by atoms with Crippen LogP contribution in [-0.2, 0) is 17.5 Å². The summed E-state index contributed by atoms with van der Waals surface area (Å²) >= 11 is 7.93. The average Bonchev–Trinajstić information content (AvgIpc) is 3.11. The highest BCUT2D eigenvalue weighted by Gasteiger charge is 2.34. The van der Waals surface area contributed by atoms with Crippen LogP contribution in [0.2, 0.25) is 5.02 Å². The van der Waals surface area contributed by atoms with Crippen LogP contribution in [0.1, 0.15) is 11.1 Å². The summed E-state index contributed by atoms with van der Waals surface area (Å²) in [5, 5.41) is 1.90. The number of anilines is 2. The first-order valence-electron chi connectivity index (χ1n) is 8.84. The van der Waals surface area contributed by atoms with Crippen LogP contribution in [0.3, 0.4) is 0 Å². The number of rotatable bonds is 4. The van der Waals surface area contributed by atoms with E-state index in [0.717, 1.165) is 28.0 Å². The normalized spacial score (nSPS) is 11.1. The van der Waals surface area contributed by atoms with Crippen molar-refractivity contribution >= 4 is 50.6 Å². The second-order valence-electron chi connectivity index (χ2n) is 6.31. The van der Waals surface area contributed by atoms with Gasteiger partial charge in [0, 0.05) is 23.8 Å². The van der Waals surface area contributed by atoms with Gasteiger partial charge in [-0.3, -0.25) is 0 Å². The molecule has 9 heteroatoms. The zero-order valence-electron chi connectivity index (χ0n) is 15.9. The SMILES string of the molecule is C=O.Fc1ccc(CN(c2ccccc2)c2sc3ncccc3c2Cl)cc1C(F)(F)F. The van der Waals surface area contributed by atoms with Gasteiger partial charge in [-0.1, -0.05) is 47.2 Å². The molecule has 4 rings (SSSR count). The maximum atomic E-state index is 13.7. The predicted octanol–water partition coefficient (Wildman–Crippen LogP) is 7.26. The van der Waals surface area contributed by atoms with Gasteiger partial charge in [-0.15, -0.1) is 0 Å². The van der Waals surface area contributed by atoms with E-state index in [1.165, 1.54) is 17.4 Å². The fourth-order valence-electron chi connectivity index (χ4n) is 3.02. The Morgan fingerprint density at radius 3 is 2.39 bits per heavy atom. The van der Waals surface area contributed by atoms with Crippen LogP contribution in [0.15, 0.2) is 66.9 Å². The molecule has 2 aromatic carbocycles. The van der Waals surface area contributed by atoms with Crippen molar-refractivity contribution in [2.75, 3.05) is 4.90 Å². The third kappa shape index (κ3) is 4.86. The van der Waals surface area contributed by atoms with Gasteiger partial charge in [0.15, 0.2) is 0 Å². The molecule has 0 spiro atoms. The molecule has 0 fully saturated rings. The smallest absolute Gasteiger partial charge is 0.328 e. The number of carbonyl (C=O) groups is 1. The number of alkyl halides is 3. The summed E-state index contributed by atoms with van der Waals surface area (Å²) in [7, 11) is 0. The number of nitrogens with zero attached hydrogens (tertiary/aromatic N) is 2. The molecule has 2 aromatic heterocycles. The van der Waals surface area contributed by atoms with Gasteiger partial charge in [-0.05, 0) is 42.0 Å². The Morgan fingerprint density at radius 2 is 1.74 bits per heavy atom.